The Morgan fingerprint density at radius 3 is 2.90 bits per heavy atom. The summed E-state index contributed by atoms with van der Waals surface area (Å²) in [6.45, 7) is 2.77. The van der Waals surface area contributed by atoms with E-state index in [2.05, 4.69) is 24.0 Å². The molecule has 1 aromatic heterocycles. The van der Waals surface area contributed by atoms with Crippen LogP contribution in [0.25, 0.3) is 0 Å². The molecule has 1 saturated carbocycles. The predicted molar refractivity (Wildman–Crippen MR) is 76.0 cm³/mol. The molecule has 1 fully saturated rings. The van der Waals surface area contributed by atoms with Gasteiger partial charge >= 0.3 is 5.97 Å². The number of halogens is 1. The van der Waals surface area contributed by atoms with E-state index in [0.29, 0.717) is 5.15 Å². The molecule has 4 nitrogen and oxygen atoms in total. The number of aryl methyl sites for hydroxylation is 1. The Morgan fingerprint density at radius 2 is 2.35 bits per heavy atom. The molecule has 1 heterocycles. The fourth-order valence-corrected chi connectivity index (χ4v) is 2.75. The molecule has 5 heteroatoms. The fraction of sp³-hybridized carbons (Fsp3) is 0.333. The molecule has 2 atom stereocenters. The van der Waals surface area contributed by atoms with E-state index in [1.807, 2.05) is 10.6 Å². The maximum Gasteiger partial charge on any atom is 0.307 e. The van der Waals surface area contributed by atoms with Crippen molar-refractivity contribution in [2.75, 3.05) is 0 Å². The molecule has 3 rings (SSSR count). The zero-order chi connectivity index (χ0) is 14.3. The Bertz CT molecular complexity index is 666. The number of nitrogens with zero attached hydrogens (tertiary/aromatic N) is 2. The number of hydrogen-bond acceptors (Lipinski definition) is 2. The van der Waals surface area contributed by atoms with Crippen LogP contribution in [0.4, 0.5) is 0 Å². The zero-order valence-corrected chi connectivity index (χ0v) is 11.8. The van der Waals surface area contributed by atoms with E-state index in [9.17, 15) is 4.79 Å². The Kier molecular flexibility index (Phi) is 3.26. The first-order valence-electron chi connectivity index (χ1n) is 6.54. The van der Waals surface area contributed by atoms with Crippen molar-refractivity contribution in [3.8, 4) is 0 Å². The average Bonchev–Trinajstić information content (AvgIpc) is 3.10. The van der Waals surface area contributed by atoms with E-state index in [-0.39, 0.29) is 11.8 Å². The summed E-state index contributed by atoms with van der Waals surface area (Å²) in [5.74, 6) is -0.708. The maximum atomic E-state index is 10.9. The predicted octanol–water partition coefficient (Wildman–Crippen LogP) is 3.08. The smallest absolute Gasteiger partial charge is 0.307 e. The van der Waals surface area contributed by atoms with Gasteiger partial charge in [0.1, 0.15) is 5.15 Å². The summed E-state index contributed by atoms with van der Waals surface area (Å²) < 4.78 is 1.93. The summed E-state index contributed by atoms with van der Waals surface area (Å²) in [4.78, 5) is 14.9. The molecule has 0 amide bonds. The second-order valence-electron chi connectivity index (χ2n) is 5.34. The van der Waals surface area contributed by atoms with E-state index in [1.165, 1.54) is 11.1 Å². The normalized spacial score (nSPS) is 20.9. The summed E-state index contributed by atoms with van der Waals surface area (Å²) in [5, 5.41) is 9.47. The minimum Gasteiger partial charge on any atom is -0.481 e. The van der Waals surface area contributed by atoms with Crippen molar-refractivity contribution < 1.29 is 9.90 Å². The van der Waals surface area contributed by atoms with Crippen LogP contribution in [0.3, 0.4) is 0 Å². The number of carboxylic acid groups (broad SMARTS) is 1. The molecule has 1 N–H and O–H groups in total. The highest BCUT2D eigenvalue weighted by Crippen LogP contribution is 2.47. The lowest BCUT2D eigenvalue weighted by atomic mass is 10.0. The number of hydrogen-bond donors (Lipinski definition) is 1. The van der Waals surface area contributed by atoms with Crippen molar-refractivity contribution in [1.82, 2.24) is 9.55 Å². The number of aliphatic carboxylic acids is 1. The van der Waals surface area contributed by atoms with Crippen LogP contribution in [0.1, 0.15) is 29.0 Å². The number of benzene rings is 1. The van der Waals surface area contributed by atoms with Crippen molar-refractivity contribution in [3.05, 3.63) is 52.6 Å². The zero-order valence-electron chi connectivity index (χ0n) is 11.1. The molecule has 0 radical (unpaired) electrons. The second kappa shape index (κ2) is 4.94. The fourth-order valence-electron chi connectivity index (χ4n) is 2.58. The lowest BCUT2D eigenvalue weighted by Crippen LogP contribution is -2.01. The summed E-state index contributed by atoms with van der Waals surface area (Å²) in [7, 11) is 0. The van der Waals surface area contributed by atoms with E-state index in [0.717, 1.165) is 18.5 Å². The SMILES string of the molecule is Cc1cc(C2CC2C(=O)O)ccc1Cn1cnc(Cl)c1. The molecule has 2 unspecified atom stereocenters. The van der Waals surface area contributed by atoms with Crippen molar-refractivity contribution >= 4 is 17.6 Å². The molecule has 104 valence electrons. The molecule has 1 aliphatic rings. The monoisotopic (exact) mass is 290 g/mol. The van der Waals surface area contributed by atoms with Crippen LogP contribution in [-0.4, -0.2) is 20.6 Å². The van der Waals surface area contributed by atoms with Gasteiger partial charge < -0.3 is 9.67 Å². The van der Waals surface area contributed by atoms with Crippen molar-refractivity contribution in [1.29, 1.82) is 0 Å². The Labute approximate surface area is 122 Å². The third-order valence-electron chi connectivity index (χ3n) is 3.86. The lowest BCUT2D eigenvalue weighted by Gasteiger charge is -2.09. The molecule has 0 aliphatic heterocycles. The molecule has 0 bridgehead atoms. The first-order chi connectivity index (χ1) is 9.54. The van der Waals surface area contributed by atoms with Gasteiger partial charge in [0.15, 0.2) is 0 Å². The van der Waals surface area contributed by atoms with E-state index < -0.39 is 5.97 Å². The van der Waals surface area contributed by atoms with Crippen molar-refractivity contribution in [2.45, 2.75) is 25.8 Å². The van der Waals surface area contributed by atoms with Gasteiger partial charge in [0.05, 0.1) is 12.2 Å². The van der Waals surface area contributed by atoms with Gasteiger partial charge in [-0.3, -0.25) is 4.79 Å². The van der Waals surface area contributed by atoms with Gasteiger partial charge in [-0.25, -0.2) is 4.98 Å². The first-order valence-corrected chi connectivity index (χ1v) is 6.92. The second-order valence-corrected chi connectivity index (χ2v) is 5.73. The average molecular weight is 291 g/mol. The van der Waals surface area contributed by atoms with Crippen LogP contribution in [0.15, 0.2) is 30.7 Å². The maximum absolute atomic E-state index is 10.9. The van der Waals surface area contributed by atoms with Crippen LogP contribution in [0.5, 0.6) is 0 Å². The van der Waals surface area contributed by atoms with Crippen LogP contribution in [0, 0.1) is 12.8 Å². The topological polar surface area (TPSA) is 55.1 Å². The Hall–Kier alpha value is -1.81. The minimum absolute atomic E-state index is 0.183. The number of imidazole rings is 1. The highest BCUT2D eigenvalue weighted by molar-refractivity contribution is 6.29. The third-order valence-corrected chi connectivity index (χ3v) is 4.05. The summed E-state index contributed by atoms with van der Waals surface area (Å²) in [6.07, 6.45) is 4.25. The van der Waals surface area contributed by atoms with Crippen LogP contribution in [-0.2, 0) is 11.3 Å². The van der Waals surface area contributed by atoms with Gasteiger partial charge in [-0.15, -0.1) is 0 Å². The first kappa shape index (κ1) is 13.2. The number of carbonyl (C=O) groups is 1. The van der Waals surface area contributed by atoms with Gasteiger partial charge in [0, 0.05) is 12.7 Å². The molecule has 1 aliphatic carbocycles. The quantitative estimate of drug-likeness (QED) is 0.941. The highest BCUT2D eigenvalue weighted by atomic mass is 35.5. The molecule has 20 heavy (non-hydrogen) atoms. The lowest BCUT2D eigenvalue weighted by molar-refractivity contribution is -0.138. The molecule has 2 aromatic rings. The van der Waals surface area contributed by atoms with E-state index in [4.69, 9.17) is 16.7 Å². The highest BCUT2D eigenvalue weighted by Gasteiger charge is 2.44. The van der Waals surface area contributed by atoms with E-state index in [1.54, 1.807) is 12.5 Å². The van der Waals surface area contributed by atoms with Gasteiger partial charge in [0.25, 0.3) is 0 Å². The third kappa shape index (κ3) is 2.56. The number of aromatic nitrogens is 2. The Morgan fingerprint density at radius 1 is 1.55 bits per heavy atom. The van der Waals surface area contributed by atoms with Gasteiger partial charge in [0.2, 0.25) is 0 Å². The van der Waals surface area contributed by atoms with Gasteiger partial charge in [-0.05, 0) is 36.0 Å². The number of carboxylic acids is 1. The summed E-state index contributed by atoms with van der Waals surface area (Å²) in [6, 6.07) is 6.20. The molecular weight excluding hydrogens is 276 g/mol. The van der Waals surface area contributed by atoms with Crippen LogP contribution < -0.4 is 0 Å². The molecular formula is C15H15ClN2O2. The Balaban J connectivity index is 1.76. The molecule has 0 spiro atoms. The summed E-state index contributed by atoms with van der Waals surface area (Å²) in [5.41, 5.74) is 3.49. The minimum atomic E-state index is -0.690. The van der Waals surface area contributed by atoms with Crippen molar-refractivity contribution in [2.24, 2.45) is 5.92 Å². The molecule has 1 aromatic carbocycles. The van der Waals surface area contributed by atoms with Gasteiger partial charge in [-0.1, -0.05) is 29.8 Å². The number of rotatable bonds is 4. The van der Waals surface area contributed by atoms with Crippen LogP contribution >= 0.6 is 11.6 Å². The van der Waals surface area contributed by atoms with Crippen molar-refractivity contribution in [3.63, 3.8) is 0 Å². The standard InChI is InChI=1S/C15H15ClN2O2/c1-9-4-10(12-5-13(12)15(19)20)2-3-11(9)6-18-7-14(16)17-8-18/h2-4,7-8,12-13H,5-6H2,1H3,(H,19,20). The van der Waals surface area contributed by atoms with Gasteiger partial charge in [-0.2, -0.15) is 0 Å². The van der Waals surface area contributed by atoms with E-state index >= 15 is 0 Å². The molecule has 0 saturated heterocycles. The van der Waals surface area contributed by atoms with Crippen LogP contribution in [0.2, 0.25) is 5.15 Å². The largest absolute Gasteiger partial charge is 0.481 e. The summed E-state index contributed by atoms with van der Waals surface area (Å²) >= 11 is 5.80.